The van der Waals surface area contributed by atoms with Crippen LogP contribution in [0.1, 0.15) is 17.5 Å². The number of rotatable bonds is 1. The van der Waals surface area contributed by atoms with E-state index in [2.05, 4.69) is 5.32 Å². The Kier molecular flexibility index (Phi) is 3.71. The van der Waals surface area contributed by atoms with Crippen LogP contribution < -0.4 is 5.32 Å². The number of hydrogen-bond donors (Lipinski definition) is 1. The van der Waals surface area contributed by atoms with E-state index in [0.29, 0.717) is 41.6 Å². The van der Waals surface area contributed by atoms with E-state index in [1.165, 1.54) is 24.3 Å². The summed E-state index contributed by atoms with van der Waals surface area (Å²) < 4.78 is 42.0. The number of carbonyl (C=O) groups is 1. The Morgan fingerprint density at radius 3 is 2.52 bits per heavy atom. The summed E-state index contributed by atoms with van der Waals surface area (Å²) in [6.07, 6.45) is 4.42. The van der Waals surface area contributed by atoms with Crippen molar-refractivity contribution in [2.75, 3.05) is 6.54 Å². The zero-order valence-electron chi connectivity index (χ0n) is 13.2. The van der Waals surface area contributed by atoms with Crippen LogP contribution in [0.3, 0.4) is 0 Å². The number of nitrogens with one attached hydrogen (secondary N) is 1. The van der Waals surface area contributed by atoms with Crippen molar-refractivity contribution in [2.24, 2.45) is 0 Å². The Bertz CT molecular complexity index is 942. The van der Waals surface area contributed by atoms with Gasteiger partial charge in [0.1, 0.15) is 5.82 Å². The molecule has 1 aliphatic carbocycles. The molecule has 0 saturated heterocycles. The van der Waals surface area contributed by atoms with Crippen LogP contribution in [-0.2, 0) is 11.2 Å². The monoisotopic (exact) mass is 341 g/mol. The van der Waals surface area contributed by atoms with Gasteiger partial charge in [0.15, 0.2) is 11.6 Å². The van der Waals surface area contributed by atoms with Gasteiger partial charge in [-0.1, -0.05) is 17.7 Å². The lowest BCUT2D eigenvalue weighted by Gasteiger charge is -2.16. The molecular formula is C20H14F3NO. The van der Waals surface area contributed by atoms with Crippen LogP contribution in [0.5, 0.6) is 0 Å². The van der Waals surface area contributed by atoms with E-state index in [1.807, 2.05) is 0 Å². The minimum atomic E-state index is -0.991. The first-order valence-corrected chi connectivity index (χ1v) is 7.99. The maximum Gasteiger partial charge on any atom is 0.251 e. The SMILES string of the molecule is O=C1NCCC2=CC1=Cc1cc(F)c(F)c(-c3ccc(F)cc3)c1C2. The van der Waals surface area contributed by atoms with Gasteiger partial charge in [0.05, 0.1) is 0 Å². The van der Waals surface area contributed by atoms with E-state index in [1.54, 1.807) is 12.2 Å². The minimum absolute atomic E-state index is 0.124. The van der Waals surface area contributed by atoms with Gasteiger partial charge in [-0.2, -0.15) is 0 Å². The summed E-state index contributed by atoms with van der Waals surface area (Å²) in [5.41, 5.74) is 3.02. The predicted octanol–water partition coefficient (Wildman–Crippen LogP) is 4.16. The molecule has 126 valence electrons. The first-order valence-electron chi connectivity index (χ1n) is 7.99. The number of halogens is 3. The second kappa shape index (κ2) is 5.92. The molecule has 0 fully saturated rings. The molecule has 1 aliphatic heterocycles. The molecule has 0 radical (unpaired) electrons. The van der Waals surface area contributed by atoms with Gasteiger partial charge in [-0.25, -0.2) is 13.2 Å². The molecule has 2 aromatic rings. The van der Waals surface area contributed by atoms with Crippen LogP contribution in [0, 0.1) is 17.5 Å². The van der Waals surface area contributed by atoms with Gasteiger partial charge in [0.25, 0.3) is 5.91 Å². The van der Waals surface area contributed by atoms with Crippen molar-refractivity contribution in [1.29, 1.82) is 0 Å². The predicted molar refractivity (Wildman–Crippen MR) is 89.1 cm³/mol. The van der Waals surface area contributed by atoms with Crippen molar-refractivity contribution >= 4 is 12.0 Å². The van der Waals surface area contributed by atoms with Crippen LogP contribution in [0.15, 0.2) is 47.6 Å². The maximum atomic E-state index is 14.6. The zero-order valence-corrected chi connectivity index (χ0v) is 13.2. The fraction of sp³-hybridized carbons (Fsp3) is 0.150. The first-order chi connectivity index (χ1) is 12.0. The van der Waals surface area contributed by atoms with Gasteiger partial charge in [-0.3, -0.25) is 4.79 Å². The average Bonchev–Trinajstić information content (AvgIpc) is 2.87. The molecule has 2 bridgehead atoms. The third-order valence-electron chi connectivity index (χ3n) is 4.56. The Hall–Kier alpha value is -2.82. The summed E-state index contributed by atoms with van der Waals surface area (Å²) in [6.45, 7) is 0.507. The van der Waals surface area contributed by atoms with Crippen LogP contribution in [0.25, 0.3) is 17.2 Å². The third-order valence-corrected chi connectivity index (χ3v) is 4.56. The lowest BCUT2D eigenvalue weighted by Crippen LogP contribution is -2.24. The van der Waals surface area contributed by atoms with Crippen LogP contribution >= 0.6 is 0 Å². The van der Waals surface area contributed by atoms with Crippen molar-refractivity contribution in [3.05, 3.63) is 76.1 Å². The van der Waals surface area contributed by atoms with E-state index in [-0.39, 0.29) is 11.5 Å². The van der Waals surface area contributed by atoms with E-state index in [0.717, 1.165) is 11.6 Å². The number of amides is 1. The molecule has 0 spiro atoms. The molecule has 2 aliphatic rings. The Labute approximate surface area is 142 Å². The molecule has 4 rings (SSSR count). The fourth-order valence-electron chi connectivity index (χ4n) is 3.36. The van der Waals surface area contributed by atoms with Gasteiger partial charge in [0, 0.05) is 17.7 Å². The lowest BCUT2D eigenvalue weighted by molar-refractivity contribution is -0.117. The molecule has 2 nitrogen and oxygen atoms in total. The molecule has 0 atom stereocenters. The summed E-state index contributed by atoms with van der Waals surface area (Å²) in [5.74, 6) is -2.62. The van der Waals surface area contributed by atoms with Crippen molar-refractivity contribution in [1.82, 2.24) is 5.32 Å². The van der Waals surface area contributed by atoms with Crippen LogP contribution in [0.4, 0.5) is 13.2 Å². The van der Waals surface area contributed by atoms with E-state index < -0.39 is 17.5 Å². The van der Waals surface area contributed by atoms with Crippen molar-refractivity contribution in [3.8, 4) is 11.1 Å². The summed E-state index contributed by atoms with van der Waals surface area (Å²) in [6, 6.07) is 6.42. The number of carbonyl (C=O) groups excluding carboxylic acids is 1. The summed E-state index contributed by atoms with van der Waals surface area (Å²) in [5, 5.41) is 2.78. The second-order valence-electron chi connectivity index (χ2n) is 6.21. The summed E-state index contributed by atoms with van der Waals surface area (Å²) in [4.78, 5) is 12.1. The number of fused-ring (bicyclic) bond motifs is 2. The fourth-order valence-corrected chi connectivity index (χ4v) is 3.36. The quantitative estimate of drug-likeness (QED) is 0.829. The maximum absolute atomic E-state index is 14.6. The largest absolute Gasteiger partial charge is 0.352 e. The van der Waals surface area contributed by atoms with E-state index in [9.17, 15) is 18.0 Å². The molecule has 0 unspecified atom stereocenters. The summed E-state index contributed by atoms with van der Waals surface area (Å²) in [7, 11) is 0. The molecular weight excluding hydrogens is 327 g/mol. The number of benzene rings is 2. The van der Waals surface area contributed by atoms with Gasteiger partial charge in [0.2, 0.25) is 0 Å². The summed E-state index contributed by atoms with van der Waals surface area (Å²) >= 11 is 0. The van der Waals surface area contributed by atoms with E-state index in [4.69, 9.17) is 0 Å². The molecule has 2 aromatic carbocycles. The molecule has 0 aromatic heterocycles. The zero-order chi connectivity index (χ0) is 17.6. The topological polar surface area (TPSA) is 29.1 Å². The average molecular weight is 341 g/mol. The van der Waals surface area contributed by atoms with E-state index >= 15 is 0 Å². The van der Waals surface area contributed by atoms with Crippen molar-refractivity contribution in [3.63, 3.8) is 0 Å². The highest BCUT2D eigenvalue weighted by Gasteiger charge is 2.24. The number of hydrogen-bond acceptors (Lipinski definition) is 1. The van der Waals surface area contributed by atoms with Gasteiger partial charge >= 0.3 is 0 Å². The molecule has 0 saturated carbocycles. The van der Waals surface area contributed by atoms with Crippen LogP contribution in [-0.4, -0.2) is 12.5 Å². The molecule has 1 amide bonds. The van der Waals surface area contributed by atoms with Gasteiger partial charge in [-0.15, -0.1) is 0 Å². The smallest absolute Gasteiger partial charge is 0.251 e. The standard InChI is InChI=1S/C20H14F3NO/c21-15-3-1-12(2-4-15)18-16-8-11-5-6-24-20(25)14(7-11)9-13(16)10-17(22)19(18)23/h1-4,7,9-10H,5-6,8H2,(H,24,25). The normalized spacial score (nSPS) is 16.2. The molecule has 25 heavy (non-hydrogen) atoms. The van der Waals surface area contributed by atoms with Gasteiger partial charge < -0.3 is 5.32 Å². The first kappa shape index (κ1) is 15.7. The Morgan fingerprint density at radius 2 is 1.76 bits per heavy atom. The highest BCUT2D eigenvalue weighted by atomic mass is 19.2. The third kappa shape index (κ3) is 2.76. The van der Waals surface area contributed by atoms with Crippen LogP contribution in [0.2, 0.25) is 0 Å². The minimum Gasteiger partial charge on any atom is -0.352 e. The van der Waals surface area contributed by atoms with Gasteiger partial charge in [-0.05, 0) is 59.9 Å². The van der Waals surface area contributed by atoms with Crippen molar-refractivity contribution in [2.45, 2.75) is 12.8 Å². The highest BCUT2D eigenvalue weighted by Crippen LogP contribution is 2.36. The van der Waals surface area contributed by atoms with Crippen molar-refractivity contribution < 1.29 is 18.0 Å². The Morgan fingerprint density at radius 1 is 1.00 bits per heavy atom. The second-order valence-corrected chi connectivity index (χ2v) is 6.21. The lowest BCUT2D eigenvalue weighted by atomic mass is 9.90. The molecule has 5 heteroatoms. The Balaban J connectivity index is 1.98. The molecule has 1 N–H and O–H groups in total. The molecule has 1 heterocycles. The highest BCUT2D eigenvalue weighted by molar-refractivity contribution is 6.02.